The molecule has 0 fully saturated rings. The van der Waals surface area contributed by atoms with Crippen molar-refractivity contribution in [2.45, 2.75) is 38.6 Å². The fraction of sp³-hybridized carbons (Fsp3) is 1.00. The van der Waals surface area contributed by atoms with E-state index < -0.39 is 38.6 Å². The van der Waals surface area contributed by atoms with Crippen molar-refractivity contribution in [3.63, 3.8) is 0 Å². The predicted octanol–water partition coefficient (Wildman–Crippen LogP) is 0.528. The molecule has 0 amide bonds. The number of hydrogen-bond acceptors (Lipinski definition) is 2. The first kappa shape index (κ1) is 1.06. The predicted molar refractivity (Wildman–Crippen MR) is 32.6 cm³/mol. The van der Waals surface area contributed by atoms with Crippen LogP contribution in [0.5, 0.6) is 0 Å². The van der Waals surface area contributed by atoms with E-state index in [4.69, 9.17) is 16.4 Å². The molecule has 0 aliphatic rings. The SMILES string of the molecule is [2H]C([2H])([2H])C(O)(C([2H])([2H])[2H])C(O)(C([2H])([2H])[2H])C([2H])([2H])[2H]. The topological polar surface area (TPSA) is 40.5 Å². The zero-order chi connectivity index (χ0) is 17.0. The van der Waals surface area contributed by atoms with Gasteiger partial charge in [0.2, 0.25) is 0 Å². The van der Waals surface area contributed by atoms with Crippen molar-refractivity contribution in [1.82, 2.24) is 0 Å². The number of aliphatic hydroxyl groups is 2. The zero-order valence-electron chi connectivity index (χ0n) is 15.9. The third-order valence-electron chi connectivity index (χ3n) is 0.524. The second-order valence-electron chi connectivity index (χ2n) is 1.42. The summed E-state index contributed by atoms with van der Waals surface area (Å²) in [5.74, 6) is 0. The van der Waals surface area contributed by atoms with Gasteiger partial charge in [0.05, 0.1) is 11.2 Å². The minimum Gasteiger partial charge on any atom is -0.387 e. The maximum absolute atomic E-state index is 9.98. The van der Waals surface area contributed by atoms with Crippen LogP contribution in [0.4, 0.5) is 0 Å². The highest BCUT2D eigenvalue weighted by atomic mass is 16.3. The Morgan fingerprint density at radius 1 is 1.00 bits per heavy atom. The lowest BCUT2D eigenvalue weighted by atomic mass is 9.90. The Morgan fingerprint density at radius 2 is 1.25 bits per heavy atom. The first-order valence-electron chi connectivity index (χ1n) is 7.70. The summed E-state index contributed by atoms with van der Waals surface area (Å²) in [6.45, 7) is -16.0. The number of hydrogen-bond donors (Lipinski definition) is 2. The van der Waals surface area contributed by atoms with Crippen LogP contribution in [0, 0.1) is 0 Å². The van der Waals surface area contributed by atoms with Crippen molar-refractivity contribution in [1.29, 1.82) is 0 Å². The normalized spacial score (nSPS) is 42.8. The fourth-order valence-corrected chi connectivity index (χ4v) is 0. The van der Waals surface area contributed by atoms with Gasteiger partial charge in [0, 0.05) is 16.4 Å². The molecule has 0 radical (unpaired) electrons. The van der Waals surface area contributed by atoms with Gasteiger partial charge in [-0.25, -0.2) is 0 Å². The van der Waals surface area contributed by atoms with E-state index in [2.05, 4.69) is 0 Å². The highest BCUT2D eigenvalue weighted by Gasteiger charge is 2.31. The smallest absolute Gasteiger partial charge is 0.0872 e. The molecule has 0 rings (SSSR count). The molecule has 2 heteroatoms. The van der Waals surface area contributed by atoms with Crippen LogP contribution in [0.15, 0.2) is 0 Å². The van der Waals surface area contributed by atoms with Crippen LogP contribution in [0.25, 0.3) is 0 Å². The fourth-order valence-electron chi connectivity index (χ4n) is 0. The van der Waals surface area contributed by atoms with Crippen LogP contribution in [0.1, 0.15) is 43.9 Å². The molecule has 0 aliphatic carbocycles. The molecule has 0 atom stereocenters. The standard InChI is InChI=1S/C6H14O2/c1-5(2,7)6(3,4)8/h7-8H,1-4H3/i1D3,2D3,3D3,4D3. The van der Waals surface area contributed by atoms with E-state index in [9.17, 15) is 10.2 Å². The van der Waals surface area contributed by atoms with E-state index in [0.717, 1.165) is 0 Å². The highest BCUT2D eigenvalue weighted by molar-refractivity contribution is 4.84. The highest BCUT2D eigenvalue weighted by Crippen LogP contribution is 2.18. The van der Waals surface area contributed by atoms with E-state index in [1.165, 1.54) is 0 Å². The zero-order valence-corrected chi connectivity index (χ0v) is 3.89. The molecule has 0 aromatic carbocycles. The summed E-state index contributed by atoms with van der Waals surface area (Å²) in [5.41, 5.74) is -8.74. The second kappa shape index (κ2) is 1.71. The summed E-state index contributed by atoms with van der Waals surface area (Å²) < 4.78 is 84.2. The lowest BCUT2D eigenvalue weighted by Gasteiger charge is -2.31. The number of rotatable bonds is 1. The van der Waals surface area contributed by atoms with E-state index in [1.54, 1.807) is 0 Å². The quantitative estimate of drug-likeness (QED) is 0.543. The Bertz CT molecular complexity index is 292. The molecule has 0 aromatic rings. The van der Waals surface area contributed by atoms with Crippen LogP contribution in [-0.4, -0.2) is 21.4 Å². The van der Waals surface area contributed by atoms with E-state index in [1.807, 2.05) is 0 Å². The average Bonchev–Trinajstić information content (AvgIpc) is 2.07. The maximum atomic E-state index is 9.98. The molecule has 0 saturated heterocycles. The van der Waals surface area contributed by atoms with Crippen LogP contribution >= 0.6 is 0 Å². The summed E-state index contributed by atoms with van der Waals surface area (Å²) in [5, 5.41) is 20.0. The summed E-state index contributed by atoms with van der Waals surface area (Å²) >= 11 is 0. The van der Waals surface area contributed by atoms with Crippen LogP contribution < -0.4 is 0 Å². The first-order chi connectivity index (χ1) is 8.25. The minimum atomic E-state index is -4.37. The van der Waals surface area contributed by atoms with Crippen LogP contribution in [0.2, 0.25) is 0 Å². The molecule has 0 aliphatic heterocycles. The molecular formula is C6H14O2. The monoisotopic (exact) mass is 130 g/mol. The minimum absolute atomic E-state index is 3.99. The van der Waals surface area contributed by atoms with Crippen molar-refractivity contribution in [3.8, 4) is 0 Å². The van der Waals surface area contributed by atoms with Crippen LogP contribution in [0.3, 0.4) is 0 Å². The van der Waals surface area contributed by atoms with Gasteiger partial charge in [-0.1, -0.05) is 0 Å². The Hall–Kier alpha value is -0.0800. The maximum Gasteiger partial charge on any atom is 0.0872 e. The largest absolute Gasteiger partial charge is 0.387 e. The Balaban J connectivity index is 6.71. The molecular weight excluding hydrogens is 104 g/mol. The van der Waals surface area contributed by atoms with Crippen molar-refractivity contribution in [2.75, 3.05) is 0 Å². The van der Waals surface area contributed by atoms with Crippen molar-refractivity contribution < 1.29 is 26.7 Å². The van der Waals surface area contributed by atoms with Gasteiger partial charge in [-0.2, -0.15) is 0 Å². The van der Waals surface area contributed by atoms with Crippen molar-refractivity contribution in [3.05, 3.63) is 0 Å². The van der Waals surface area contributed by atoms with Gasteiger partial charge in [-0.05, 0) is 27.4 Å². The third-order valence-corrected chi connectivity index (χ3v) is 0.524. The molecule has 0 unspecified atom stereocenters. The lowest BCUT2D eigenvalue weighted by molar-refractivity contribution is -0.107. The van der Waals surface area contributed by atoms with Gasteiger partial charge >= 0.3 is 0 Å². The molecule has 50 valence electrons. The molecule has 2 N–H and O–H groups in total. The first-order valence-corrected chi connectivity index (χ1v) is 1.70. The summed E-state index contributed by atoms with van der Waals surface area (Å²) in [4.78, 5) is 0. The van der Waals surface area contributed by atoms with Crippen molar-refractivity contribution >= 4 is 0 Å². The van der Waals surface area contributed by atoms with Crippen molar-refractivity contribution in [2.24, 2.45) is 0 Å². The molecule has 0 heterocycles. The second-order valence-corrected chi connectivity index (χ2v) is 1.42. The Kier molecular flexibility index (Phi) is 0.226. The van der Waals surface area contributed by atoms with Gasteiger partial charge in [0.25, 0.3) is 0 Å². The molecule has 2 nitrogen and oxygen atoms in total. The van der Waals surface area contributed by atoms with E-state index in [-0.39, 0.29) is 0 Å². The molecule has 0 bridgehead atoms. The lowest BCUT2D eigenvalue weighted by Crippen LogP contribution is -2.44. The van der Waals surface area contributed by atoms with Gasteiger partial charge in [0.1, 0.15) is 0 Å². The molecule has 0 saturated carbocycles. The Morgan fingerprint density at radius 3 is 1.38 bits per heavy atom. The summed E-state index contributed by atoms with van der Waals surface area (Å²) in [6, 6.07) is 0. The third kappa shape index (κ3) is 1.80. The average molecular weight is 130 g/mol. The molecule has 0 spiro atoms. The van der Waals surface area contributed by atoms with Gasteiger partial charge in [0.15, 0.2) is 0 Å². The van der Waals surface area contributed by atoms with E-state index in [0.29, 0.717) is 0 Å². The van der Waals surface area contributed by atoms with Gasteiger partial charge < -0.3 is 10.2 Å². The summed E-state index contributed by atoms with van der Waals surface area (Å²) in [6.07, 6.45) is 0. The summed E-state index contributed by atoms with van der Waals surface area (Å²) in [7, 11) is 0. The molecule has 0 aromatic heterocycles. The van der Waals surface area contributed by atoms with Gasteiger partial charge in [-0.15, -0.1) is 0 Å². The van der Waals surface area contributed by atoms with E-state index >= 15 is 0 Å². The Labute approximate surface area is 67.0 Å². The molecule has 8 heavy (non-hydrogen) atoms. The van der Waals surface area contributed by atoms with Gasteiger partial charge in [-0.3, -0.25) is 0 Å². The van der Waals surface area contributed by atoms with Crippen LogP contribution in [-0.2, 0) is 0 Å².